The molecule has 0 bridgehead atoms. The van der Waals surface area contributed by atoms with Crippen LogP contribution in [0.4, 0.5) is 0 Å². The number of hydrogen-bond donors (Lipinski definition) is 1. The first-order valence-electron chi connectivity index (χ1n) is 2.16. The van der Waals surface area contributed by atoms with Crippen LogP contribution in [0.2, 0.25) is 0 Å². The highest BCUT2D eigenvalue weighted by atomic mass is 16.5. The van der Waals surface area contributed by atoms with Crippen molar-refractivity contribution >= 4 is 0 Å². The van der Waals surface area contributed by atoms with Gasteiger partial charge in [-0.1, -0.05) is 0 Å². The number of aliphatic hydroxyl groups is 1. The zero-order chi connectivity index (χ0) is 5.11. The zero-order valence-electron chi connectivity index (χ0n) is 3.85. The molecule has 0 amide bonds. The van der Waals surface area contributed by atoms with Gasteiger partial charge in [0.05, 0.1) is 6.61 Å². The van der Waals surface area contributed by atoms with Crippen LogP contribution in [0.25, 0.3) is 0 Å². The van der Waals surface area contributed by atoms with Gasteiger partial charge in [-0.25, -0.2) is 0 Å². The minimum absolute atomic E-state index is 0.117. The first kappa shape index (κ1) is 4.65. The van der Waals surface area contributed by atoms with E-state index in [-0.39, 0.29) is 5.76 Å². The van der Waals surface area contributed by atoms with E-state index in [2.05, 4.69) is 11.3 Å². The predicted octanol–water partition coefficient (Wildman–Crippen LogP) is 0.887. The fourth-order valence-corrected chi connectivity index (χ4v) is 0.421. The van der Waals surface area contributed by atoms with E-state index in [9.17, 15) is 0 Å². The molecule has 2 radical (unpaired) electrons. The molecule has 0 aliphatic carbocycles. The van der Waals surface area contributed by atoms with Gasteiger partial charge in [0, 0.05) is 0 Å². The molecule has 7 heavy (non-hydrogen) atoms. The van der Waals surface area contributed by atoms with Gasteiger partial charge in [-0.3, -0.25) is 0 Å². The Morgan fingerprint density at radius 2 is 2.71 bits per heavy atom. The molecular formula is C5H6O2. The van der Waals surface area contributed by atoms with Crippen LogP contribution in [-0.4, -0.2) is 11.7 Å². The quantitative estimate of drug-likeness (QED) is 0.487. The van der Waals surface area contributed by atoms with Crippen LogP contribution in [0.5, 0.6) is 0 Å². The molecule has 1 heterocycles. The van der Waals surface area contributed by atoms with Crippen LogP contribution in [-0.2, 0) is 4.74 Å². The second kappa shape index (κ2) is 1.98. The van der Waals surface area contributed by atoms with Crippen LogP contribution >= 0.6 is 0 Å². The van der Waals surface area contributed by atoms with Crippen LogP contribution < -0.4 is 0 Å². The summed E-state index contributed by atoms with van der Waals surface area (Å²) in [7, 11) is 0. The van der Waals surface area contributed by atoms with Crippen molar-refractivity contribution in [2.24, 2.45) is 0 Å². The van der Waals surface area contributed by atoms with Gasteiger partial charge < -0.3 is 9.84 Å². The highest BCUT2D eigenvalue weighted by Crippen LogP contribution is 2.04. The van der Waals surface area contributed by atoms with Crippen molar-refractivity contribution in [3.8, 4) is 0 Å². The Balaban J connectivity index is 2.40. The second-order valence-corrected chi connectivity index (χ2v) is 1.33. The topological polar surface area (TPSA) is 29.5 Å². The van der Waals surface area contributed by atoms with Gasteiger partial charge in [0.15, 0.2) is 0 Å². The normalized spacial score (nSPS) is 21.4. The van der Waals surface area contributed by atoms with Crippen LogP contribution in [0.1, 0.15) is 6.42 Å². The lowest BCUT2D eigenvalue weighted by Gasteiger charge is -2.04. The zero-order valence-corrected chi connectivity index (χ0v) is 3.85. The molecule has 0 atom stereocenters. The summed E-state index contributed by atoms with van der Waals surface area (Å²) in [6.45, 7) is 2.94. The minimum atomic E-state index is 0.117. The van der Waals surface area contributed by atoms with Crippen molar-refractivity contribution < 1.29 is 9.84 Å². The molecule has 2 nitrogen and oxygen atoms in total. The summed E-state index contributed by atoms with van der Waals surface area (Å²) in [5, 5.41) is 8.53. The van der Waals surface area contributed by atoms with E-state index in [1.807, 2.05) is 0 Å². The fraction of sp³-hybridized carbons (Fsp3) is 0.400. The van der Waals surface area contributed by atoms with E-state index in [4.69, 9.17) is 5.11 Å². The SMILES string of the molecule is OC1=CCCO[C]1. The average Bonchev–Trinajstić information content (AvgIpc) is 1.69. The molecule has 0 saturated heterocycles. The van der Waals surface area contributed by atoms with E-state index in [1.165, 1.54) is 0 Å². The van der Waals surface area contributed by atoms with Crippen LogP contribution in [0.3, 0.4) is 0 Å². The van der Waals surface area contributed by atoms with Gasteiger partial charge in [0.25, 0.3) is 0 Å². The largest absolute Gasteiger partial charge is 0.509 e. The Bertz CT molecular complexity index is 86.1. The molecular weight excluding hydrogens is 92.1 g/mol. The van der Waals surface area contributed by atoms with Crippen molar-refractivity contribution in [3.63, 3.8) is 0 Å². The fourth-order valence-electron chi connectivity index (χ4n) is 0.421. The molecule has 0 aromatic rings. The minimum Gasteiger partial charge on any atom is -0.509 e. The number of aliphatic hydroxyl groups excluding tert-OH is 1. The van der Waals surface area contributed by atoms with Crippen molar-refractivity contribution in [1.82, 2.24) is 0 Å². The van der Waals surface area contributed by atoms with Gasteiger partial charge in [-0.2, -0.15) is 0 Å². The predicted molar refractivity (Wildman–Crippen MR) is 24.5 cm³/mol. The lowest BCUT2D eigenvalue weighted by molar-refractivity contribution is 0.173. The summed E-state index contributed by atoms with van der Waals surface area (Å²) in [4.78, 5) is 0. The maximum atomic E-state index is 8.53. The Hall–Kier alpha value is -0.500. The first-order valence-corrected chi connectivity index (χ1v) is 2.16. The van der Waals surface area contributed by atoms with Gasteiger partial charge in [-0.05, 0) is 12.5 Å². The second-order valence-electron chi connectivity index (χ2n) is 1.33. The monoisotopic (exact) mass is 98.0 g/mol. The number of ether oxygens (including phenoxy) is 1. The first-order chi connectivity index (χ1) is 3.39. The summed E-state index contributed by atoms with van der Waals surface area (Å²) in [5.41, 5.74) is 0. The highest BCUT2D eigenvalue weighted by molar-refractivity contribution is 5.01. The molecule has 0 unspecified atom stereocenters. The lowest BCUT2D eigenvalue weighted by atomic mass is 10.3. The maximum absolute atomic E-state index is 8.53. The summed E-state index contributed by atoms with van der Waals surface area (Å²) < 4.78 is 4.61. The van der Waals surface area contributed by atoms with E-state index >= 15 is 0 Å². The highest BCUT2D eigenvalue weighted by Gasteiger charge is 2.00. The molecule has 0 fully saturated rings. The van der Waals surface area contributed by atoms with Gasteiger partial charge in [-0.15, -0.1) is 0 Å². The summed E-state index contributed by atoms with van der Waals surface area (Å²) in [5.74, 6) is 0.117. The van der Waals surface area contributed by atoms with Crippen molar-refractivity contribution in [2.45, 2.75) is 6.42 Å². The van der Waals surface area contributed by atoms with Crippen LogP contribution in [0, 0.1) is 6.61 Å². The Kier molecular flexibility index (Phi) is 1.32. The van der Waals surface area contributed by atoms with Gasteiger partial charge in [0.2, 0.25) is 6.61 Å². The molecule has 1 rings (SSSR count). The Morgan fingerprint density at radius 1 is 1.86 bits per heavy atom. The third kappa shape index (κ3) is 1.20. The molecule has 0 spiro atoms. The summed E-state index contributed by atoms with van der Waals surface area (Å²) in [6.07, 6.45) is 2.46. The Morgan fingerprint density at radius 3 is 3.00 bits per heavy atom. The van der Waals surface area contributed by atoms with E-state index in [1.54, 1.807) is 6.08 Å². The molecule has 1 aliphatic heterocycles. The van der Waals surface area contributed by atoms with Gasteiger partial charge >= 0.3 is 0 Å². The average molecular weight is 98.1 g/mol. The van der Waals surface area contributed by atoms with E-state index < -0.39 is 0 Å². The number of hydrogen-bond acceptors (Lipinski definition) is 2. The summed E-state index contributed by atoms with van der Waals surface area (Å²) >= 11 is 0. The molecule has 1 aliphatic rings. The molecule has 2 heteroatoms. The molecule has 0 saturated carbocycles. The van der Waals surface area contributed by atoms with Crippen molar-refractivity contribution in [2.75, 3.05) is 6.61 Å². The summed E-state index contributed by atoms with van der Waals surface area (Å²) in [6, 6.07) is 0. The van der Waals surface area contributed by atoms with Crippen LogP contribution in [0.15, 0.2) is 11.8 Å². The molecule has 0 aromatic carbocycles. The number of rotatable bonds is 0. The van der Waals surface area contributed by atoms with E-state index in [0.717, 1.165) is 6.42 Å². The Labute approximate surface area is 42.4 Å². The molecule has 1 N–H and O–H groups in total. The van der Waals surface area contributed by atoms with Crippen molar-refractivity contribution in [1.29, 1.82) is 0 Å². The molecule has 0 aromatic heterocycles. The lowest BCUT2D eigenvalue weighted by Crippen LogP contribution is -1.98. The standard InChI is InChI=1S/C5H6O2/c6-5-2-1-3-7-4-5/h2,6H,1,3H2. The van der Waals surface area contributed by atoms with E-state index in [0.29, 0.717) is 6.61 Å². The third-order valence-corrected chi connectivity index (χ3v) is 0.734. The smallest absolute Gasteiger partial charge is 0.203 e. The third-order valence-electron chi connectivity index (χ3n) is 0.734. The maximum Gasteiger partial charge on any atom is 0.203 e. The van der Waals surface area contributed by atoms with Crippen molar-refractivity contribution in [3.05, 3.63) is 18.4 Å². The molecule has 38 valence electrons. The van der Waals surface area contributed by atoms with Gasteiger partial charge in [0.1, 0.15) is 5.76 Å².